The van der Waals surface area contributed by atoms with Crippen molar-refractivity contribution in [3.8, 4) is 34.9 Å². The highest BCUT2D eigenvalue weighted by atomic mass is 15.3. The molecule has 5 rings (SSSR count). The normalized spacial score (nSPS) is 15.6. The van der Waals surface area contributed by atoms with Crippen LogP contribution in [0.25, 0.3) is 28.2 Å². The highest BCUT2D eigenvalue weighted by Gasteiger charge is 2.37. The average Bonchev–Trinajstić information content (AvgIpc) is 3.54. The Labute approximate surface area is 178 Å². The lowest BCUT2D eigenvalue weighted by Crippen LogP contribution is -2.44. The van der Waals surface area contributed by atoms with Gasteiger partial charge in [-0.3, -0.25) is 9.36 Å². The highest BCUT2D eigenvalue weighted by Crippen LogP contribution is 2.35. The van der Waals surface area contributed by atoms with Crippen LogP contribution in [0.4, 0.5) is 0 Å². The van der Waals surface area contributed by atoms with Crippen LogP contribution in [0.1, 0.15) is 19.3 Å². The Hall–Kier alpha value is -4.18. The summed E-state index contributed by atoms with van der Waals surface area (Å²) in [6.07, 6.45) is 13.1. The third-order valence-electron chi connectivity index (χ3n) is 5.95. The smallest absolute Gasteiger partial charge is 0.179 e. The largest absolute Gasteiger partial charge is 0.310 e. The molecule has 10 nitrogen and oxygen atoms in total. The van der Waals surface area contributed by atoms with Gasteiger partial charge in [0, 0.05) is 38.1 Å². The van der Waals surface area contributed by atoms with Crippen LogP contribution in [-0.2, 0) is 12.6 Å². The van der Waals surface area contributed by atoms with Crippen molar-refractivity contribution >= 4 is 5.52 Å². The van der Waals surface area contributed by atoms with Gasteiger partial charge in [-0.15, -0.1) is 0 Å². The monoisotopic (exact) mass is 412 g/mol. The second kappa shape index (κ2) is 7.26. The van der Waals surface area contributed by atoms with Crippen LogP contribution in [-0.4, -0.2) is 52.1 Å². The summed E-state index contributed by atoms with van der Waals surface area (Å²) in [4.78, 5) is 6.60. The average molecular weight is 412 g/mol. The van der Waals surface area contributed by atoms with Crippen molar-refractivity contribution in [2.75, 3.05) is 13.1 Å². The Kier molecular flexibility index (Phi) is 4.41. The molecule has 0 unspecified atom stereocenters. The van der Waals surface area contributed by atoms with Crippen LogP contribution in [0.3, 0.4) is 0 Å². The molecule has 1 fully saturated rings. The Bertz CT molecular complexity index is 1320. The first-order valence-corrected chi connectivity index (χ1v) is 10.0. The van der Waals surface area contributed by atoms with Gasteiger partial charge in [-0.05, 0) is 25.0 Å². The van der Waals surface area contributed by atoms with Gasteiger partial charge in [0.25, 0.3) is 0 Å². The van der Waals surface area contributed by atoms with Crippen LogP contribution in [0.5, 0.6) is 0 Å². The molecule has 0 radical (unpaired) electrons. The number of hydrogen-bond donors (Lipinski definition) is 0. The van der Waals surface area contributed by atoms with Gasteiger partial charge in [0.2, 0.25) is 0 Å². The second-order valence-corrected chi connectivity index (χ2v) is 7.83. The Morgan fingerprint density at radius 3 is 2.65 bits per heavy atom. The van der Waals surface area contributed by atoms with Gasteiger partial charge in [-0.1, -0.05) is 0 Å². The predicted molar refractivity (Wildman–Crippen MR) is 111 cm³/mol. The zero-order valence-electron chi connectivity index (χ0n) is 17.0. The maximum absolute atomic E-state index is 9.47. The molecule has 0 atom stereocenters. The summed E-state index contributed by atoms with van der Waals surface area (Å²) < 4.78 is 5.42. The zero-order valence-corrected chi connectivity index (χ0v) is 17.0. The first-order chi connectivity index (χ1) is 15.1. The molecule has 10 heteroatoms. The van der Waals surface area contributed by atoms with Crippen LogP contribution in [0.15, 0.2) is 43.1 Å². The van der Waals surface area contributed by atoms with Crippen molar-refractivity contribution < 1.29 is 0 Å². The van der Waals surface area contributed by atoms with E-state index in [9.17, 15) is 10.5 Å². The summed E-state index contributed by atoms with van der Waals surface area (Å²) in [6.45, 7) is 1.24. The van der Waals surface area contributed by atoms with Crippen molar-refractivity contribution in [1.82, 2.24) is 39.1 Å². The first-order valence-electron chi connectivity index (χ1n) is 10.0. The molecule has 5 heterocycles. The predicted octanol–water partition coefficient (Wildman–Crippen LogP) is 2.18. The molecule has 1 aliphatic heterocycles. The van der Waals surface area contributed by atoms with Gasteiger partial charge in [-0.25, -0.2) is 9.50 Å². The summed E-state index contributed by atoms with van der Waals surface area (Å²) in [7, 11) is 1.87. The summed E-state index contributed by atoms with van der Waals surface area (Å²) in [5, 5.41) is 32.1. The third-order valence-corrected chi connectivity index (χ3v) is 5.95. The Morgan fingerprint density at radius 2 is 1.94 bits per heavy atom. The number of likely N-dealkylation sites (tertiary alicyclic amines) is 1. The number of aryl methyl sites for hydroxylation is 1. The van der Waals surface area contributed by atoms with E-state index in [-0.39, 0.29) is 0 Å². The standard InChI is InChI=1S/C21H20N10/c1-28-9-3-17(27-28)18-14-30-19(2-8-24-30)20(26-18)16-12-25-31(13-16)21(4-7-22)5-10-29(15-23)11-6-21/h2-3,8-9,12-14H,4-6,10-11H2,1H3. The van der Waals surface area contributed by atoms with Gasteiger partial charge in [0.15, 0.2) is 6.19 Å². The van der Waals surface area contributed by atoms with Gasteiger partial charge in [0.1, 0.15) is 11.4 Å². The number of nitrogens with zero attached hydrogens (tertiary/aromatic N) is 10. The minimum atomic E-state index is -0.421. The topological polar surface area (TPSA) is 117 Å². The van der Waals surface area contributed by atoms with E-state index >= 15 is 0 Å². The molecule has 0 spiro atoms. The number of aromatic nitrogens is 7. The van der Waals surface area contributed by atoms with Crippen molar-refractivity contribution in [2.24, 2.45) is 7.05 Å². The minimum Gasteiger partial charge on any atom is -0.310 e. The van der Waals surface area contributed by atoms with Crippen LogP contribution < -0.4 is 0 Å². The Balaban J connectivity index is 1.57. The van der Waals surface area contributed by atoms with E-state index in [1.165, 1.54) is 0 Å². The molecular formula is C21H20N10. The van der Waals surface area contributed by atoms with Crippen molar-refractivity contribution in [3.05, 3.63) is 43.1 Å². The van der Waals surface area contributed by atoms with Crippen LogP contribution in [0, 0.1) is 22.8 Å². The fourth-order valence-electron chi connectivity index (χ4n) is 4.18. The van der Waals surface area contributed by atoms with E-state index in [2.05, 4.69) is 27.6 Å². The van der Waals surface area contributed by atoms with Gasteiger partial charge in [0.05, 0.1) is 47.8 Å². The first kappa shape index (κ1) is 18.8. The molecule has 31 heavy (non-hydrogen) atoms. The molecule has 1 saturated heterocycles. The van der Waals surface area contributed by atoms with Crippen molar-refractivity contribution in [1.29, 1.82) is 10.5 Å². The molecule has 0 bridgehead atoms. The molecule has 0 aliphatic carbocycles. The summed E-state index contributed by atoms with van der Waals surface area (Å²) in [6, 6.07) is 6.14. The van der Waals surface area contributed by atoms with E-state index in [1.54, 1.807) is 26.5 Å². The van der Waals surface area contributed by atoms with Crippen molar-refractivity contribution in [3.63, 3.8) is 0 Å². The lowest BCUT2D eigenvalue weighted by Gasteiger charge is -2.38. The number of hydrogen-bond acceptors (Lipinski definition) is 7. The number of rotatable bonds is 4. The van der Waals surface area contributed by atoms with E-state index in [4.69, 9.17) is 4.98 Å². The maximum Gasteiger partial charge on any atom is 0.179 e. The lowest BCUT2D eigenvalue weighted by molar-refractivity contribution is 0.136. The van der Waals surface area contributed by atoms with Crippen molar-refractivity contribution in [2.45, 2.75) is 24.8 Å². The molecule has 0 amide bonds. The minimum absolute atomic E-state index is 0.344. The number of piperidine rings is 1. The molecule has 1 aliphatic rings. The van der Waals surface area contributed by atoms with Crippen LogP contribution in [0.2, 0.25) is 0 Å². The fourth-order valence-corrected chi connectivity index (χ4v) is 4.18. The molecule has 4 aromatic heterocycles. The maximum atomic E-state index is 9.47. The van der Waals surface area contributed by atoms with E-state index in [1.807, 2.05) is 42.5 Å². The summed E-state index contributed by atoms with van der Waals surface area (Å²) in [5.41, 5.74) is 3.53. The molecular weight excluding hydrogens is 392 g/mol. The molecule has 154 valence electrons. The highest BCUT2D eigenvalue weighted by molar-refractivity contribution is 5.77. The van der Waals surface area contributed by atoms with Crippen LogP contribution >= 0.6 is 0 Å². The molecule has 0 aromatic carbocycles. The zero-order chi connectivity index (χ0) is 21.4. The molecule has 4 aromatic rings. The molecule has 0 saturated carbocycles. The second-order valence-electron chi connectivity index (χ2n) is 7.83. The summed E-state index contributed by atoms with van der Waals surface area (Å²) >= 11 is 0. The SMILES string of the molecule is Cn1ccc(-c2cn3nccc3c(-c3cnn(C4(CC#N)CCN(C#N)CC4)c3)n2)n1. The van der Waals surface area contributed by atoms with E-state index < -0.39 is 5.54 Å². The fraction of sp³-hybridized carbons (Fsp3) is 0.333. The van der Waals surface area contributed by atoms with Gasteiger partial charge < -0.3 is 4.90 Å². The van der Waals surface area contributed by atoms with Gasteiger partial charge >= 0.3 is 0 Å². The van der Waals surface area contributed by atoms with E-state index in [0.717, 1.165) is 22.5 Å². The Morgan fingerprint density at radius 1 is 1.10 bits per heavy atom. The lowest BCUT2D eigenvalue weighted by atomic mass is 9.85. The summed E-state index contributed by atoms with van der Waals surface area (Å²) in [5.74, 6) is 0. The molecule has 0 N–H and O–H groups in total. The van der Waals surface area contributed by atoms with Gasteiger partial charge in [-0.2, -0.15) is 25.8 Å². The number of nitriles is 2. The third kappa shape index (κ3) is 3.19. The number of fused-ring (bicyclic) bond motifs is 1. The quantitative estimate of drug-likeness (QED) is 0.472. The van der Waals surface area contributed by atoms with E-state index in [0.29, 0.717) is 38.0 Å².